The van der Waals surface area contributed by atoms with Crippen molar-refractivity contribution < 1.29 is 13.2 Å². The third-order valence-corrected chi connectivity index (χ3v) is 5.45. The molecular formula is C14H17BrF3NS. The van der Waals surface area contributed by atoms with Crippen molar-refractivity contribution in [2.24, 2.45) is 0 Å². The van der Waals surface area contributed by atoms with Gasteiger partial charge in [-0.25, -0.2) is 0 Å². The van der Waals surface area contributed by atoms with E-state index in [1.165, 1.54) is 18.9 Å². The predicted molar refractivity (Wildman–Crippen MR) is 82.3 cm³/mol. The molecule has 2 atom stereocenters. The normalized spacial score (nSPS) is 23.1. The number of rotatable bonds is 4. The molecule has 1 fully saturated rings. The number of nitrogens with one attached hydrogen (secondary N) is 1. The summed E-state index contributed by atoms with van der Waals surface area (Å²) >= 11 is 5.16. The van der Waals surface area contributed by atoms with Gasteiger partial charge in [0, 0.05) is 21.5 Å². The number of benzene rings is 1. The van der Waals surface area contributed by atoms with Crippen molar-refractivity contribution in [1.29, 1.82) is 0 Å². The number of hydrogen-bond donors (Lipinski definition) is 1. The lowest BCUT2D eigenvalue weighted by Crippen LogP contribution is -2.26. The first-order valence-corrected chi connectivity index (χ1v) is 8.51. The van der Waals surface area contributed by atoms with Gasteiger partial charge in [-0.3, -0.25) is 0 Å². The molecule has 1 aliphatic carbocycles. The number of anilines is 1. The standard InChI is InChI=1S/C14H17BrF3NS/c1-2-20-13-5-3-4-12(13)19-11-7-6-9(8-10(11)15)14(16,17)18/h6-8,12-13,19H,2-5H2,1H3. The summed E-state index contributed by atoms with van der Waals surface area (Å²) in [5.74, 6) is 1.07. The Labute approximate surface area is 129 Å². The van der Waals surface area contributed by atoms with Crippen LogP contribution >= 0.6 is 27.7 Å². The summed E-state index contributed by atoms with van der Waals surface area (Å²) in [7, 11) is 0. The van der Waals surface area contributed by atoms with Crippen molar-refractivity contribution in [3.8, 4) is 0 Å². The quantitative estimate of drug-likeness (QED) is 0.747. The molecule has 2 unspecified atom stereocenters. The van der Waals surface area contributed by atoms with Crippen molar-refractivity contribution >= 4 is 33.4 Å². The fraction of sp³-hybridized carbons (Fsp3) is 0.571. The summed E-state index contributed by atoms with van der Waals surface area (Å²) in [6.45, 7) is 2.13. The molecule has 0 saturated heterocycles. The number of hydrogen-bond acceptors (Lipinski definition) is 2. The van der Waals surface area contributed by atoms with Crippen LogP contribution in [-0.2, 0) is 6.18 Å². The van der Waals surface area contributed by atoms with Gasteiger partial charge in [0.15, 0.2) is 0 Å². The third kappa shape index (κ3) is 3.85. The molecule has 1 N–H and O–H groups in total. The van der Waals surface area contributed by atoms with Crippen LogP contribution < -0.4 is 5.32 Å². The fourth-order valence-electron chi connectivity index (χ4n) is 2.51. The zero-order chi connectivity index (χ0) is 14.8. The molecular weight excluding hydrogens is 351 g/mol. The van der Waals surface area contributed by atoms with Crippen LogP contribution in [-0.4, -0.2) is 17.0 Å². The molecule has 1 aromatic rings. The third-order valence-electron chi connectivity index (χ3n) is 3.47. The molecule has 6 heteroatoms. The van der Waals surface area contributed by atoms with E-state index in [2.05, 4.69) is 28.2 Å². The van der Waals surface area contributed by atoms with Crippen LogP contribution in [0.5, 0.6) is 0 Å². The highest BCUT2D eigenvalue weighted by Gasteiger charge is 2.31. The number of alkyl halides is 3. The Balaban J connectivity index is 2.10. The molecule has 1 aromatic carbocycles. The topological polar surface area (TPSA) is 12.0 Å². The molecule has 1 saturated carbocycles. The Bertz CT molecular complexity index is 464. The summed E-state index contributed by atoms with van der Waals surface area (Å²) in [4.78, 5) is 0. The van der Waals surface area contributed by atoms with E-state index in [0.29, 0.717) is 15.8 Å². The summed E-state index contributed by atoms with van der Waals surface area (Å²) in [6, 6.07) is 4.12. The maximum atomic E-state index is 12.6. The molecule has 0 amide bonds. The maximum absolute atomic E-state index is 12.6. The fourth-order valence-corrected chi connectivity index (χ4v) is 4.20. The van der Waals surface area contributed by atoms with Gasteiger partial charge in [-0.15, -0.1) is 0 Å². The summed E-state index contributed by atoms with van der Waals surface area (Å²) < 4.78 is 38.3. The first kappa shape index (κ1) is 16.0. The van der Waals surface area contributed by atoms with Gasteiger partial charge in [0.25, 0.3) is 0 Å². The van der Waals surface area contributed by atoms with Gasteiger partial charge in [0.1, 0.15) is 0 Å². The van der Waals surface area contributed by atoms with E-state index < -0.39 is 11.7 Å². The van der Waals surface area contributed by atoms with Gasteiger partial charge >= 0.3 is 6.18 Å². The van der Waals surface area contributed by atoms with Crippen LogP contribution in [0, 0.1) is 0 Å². The average Bonchev–Trinajstić information content (AvgIpc) is 2.78. The zero-order valence-electron chi connectivity index (χ0n) is 11.1. The Hall–Kier alpha value is -0.360. The minimum atomic E-state index is -4.30. The second kappa shape index (κ2) is 6.60. The lowest BCUT2D eigenvalue weighted by Gasteiger charge is -2.22. The molecule has 1 aliphatic rings. The highest BCUT2D eigenvalue weighted by atomic mass is 79.9. The molecule has 0 bridgehead atoms. The van der Waals surface area contributed by atoms with E-state index in [-0.39, 0.29) is 0 Å². The molecule has 1 nitrogen and oxygen atoms in total. The molecule has 112 valence electrons. The first-order valence-electron chi connectivity index (χ1n) is 6.66. The smallest absolute Gasteiger partial charge is 0.380 e. The monoisotopic (exact) mass is 367 g/mol. The van der Waals surface area contributed by atoms with E-state index >= 15 is 0 Å². The maximum Gasteiger partial charge on any atom is 0.416 e. The van der Waals surface area contributed by atoms with Crippen molar-refractivity contribution in [2.45, 2.75) is 43.7 Å². The van der Waals surface area contributed by atoms with Gasteiger partial charge in [-0.2, -0.15) is 24.9 Å². The summed E-state index contributed by atoms with van der Waals surface area (Å²) in [5, 5.41) is 3.94. The minimum Gasteiger partial charge on any atom is -0.380 e. The van der Waals surface area contributed by atoms with E-state index in [9.17, 15) is 13.2 Å². The second-order valence-electron chi connectivity index (χ2n) is 4.87. The highest BCUT2D eigenvalue weighted by molar-refractivity contribution is 9.10. The van der Waals surface area contributed by atoms with E-state index in [1.807, 2.05) is 11.8 Å². The zero-order valence-corrected chi connectivity index (χ0v) is 13.5. The van der Waals surface area contributed by atoms with Gasteiger partial charge in [0.2, 0.25) is 0 Å². The summed E-state index contributed by atoms with van der Waals surface area (Å²) in [5.41, 5.74) is 0.118. The van der Waals surface area contributed by atoms with E-state index in [4.69, 9.17) is 0 Å². The first-order chi connectivity index (χ1) is 9.41. The molecule has 0 aliphatic heterocycles. The predicted octanol–water partition coefficient (Wildman–Crippen LogP) is 5.55. The van der Waals surface area contributed by atoms with Crippen LogP contribution in [0.4, 0.5) is 18.9 Å². The molecule has 0 spiro atoms. The SMILES string of the molecule is CCSC1CCCC1Nc1ccc(C(F)(F)F)cc1Br. The Morgan fingerprint density at radius 2 is 2.10 bits per heavy atom. The minimum absolute atomic E-state index is 0.341. The molecule has 20 heavy (non-hydrogen) atoms. The Kier molecular flexibility index (Phi) is 5.29. The molecule has 0 heterocycles. The second-order valence-corrected chi connectivity index (χ2v) is 7.24. The van der Waals surface area contributed by atoms with Gasteiger partial charge in [0.05, 0.1) is 5.56 Å². The Morgan fingerprint density at radius 1 is 1.35 bits per heavy atom. The van der Waals surface area contributed by atoms with Crippen molar-refractivity contribution in [3.05, 3.63) is 28.2 Å². The van der Waals surface area contributed by atoms with Gasteiger partial charge < -0.3 is 5.32 Å². The van der Waals surface area contributed by atoms with Crippen LogP contribution in [0.25, 0.3) is 0 Å². The van der Waals surface area contributed by atoms with Crippen LogP contribution in [0.15, 0.2) is 22.7 Å². The van der Waals surface area contributed by atoms with Crippen molar-refractivity contribution in [1.82, 2.24) is 0 Å². The average molecular weight is 368 g/mol. The van der Waals surface area contributed by atoms with E-state index in [0.717, 1.165) is 30.0 Å². The number of halogens is 4. The Morgan fingerprint density at radius 3 is 2.70 bits per heavy atom. The highest BCUT2D eigenvalue weighted by Crippen LogP contribution is 2.37. The van der Waals surface area contributed by atoms with Crippen LogP contribution in [0.1, 0.15) is 31.7 Å². The lowest BCUT2D eigenvalue weighted by atomic mass is 10.1. The van der Waals surface area contributed by atoms with Gasteiger partial charge in [-0.05, 0) is 52.7 Å². The number of thioether (sulfide) groups is 1. The van der Waals surface area contributed by atoms with Crippen LogP contribution in [0.3, 0.4) is 0 Å². The van der Waals surface area contributed by atoms with Gasteiger partial charge in [-0.1, -0.05) is 13.3 Å². The molecule has 2 rings (SSSR count). The molecule has 0 radical (unpaired) electrons. The molecule has 0 aromatic heterocycles. The largest absolute Gasteiger partial charge is 0.416 e. The summed E-state index contributed by atoms with van der Waals surface area (Å²) in [6.07, 6.45) is -0.873. The van der Waals surface area contributed by atoms with Crippen LogP contribution in [0.2, 0.25) is 0 Å². The van der Waals surface area contributed by atoms with Crippen molar-refractivity contribution in [2.75, 3.05) is 11.1 Å². The van der Waals surface area contributed by atoms with Crippen molar-refractivity contribution in [3.63, 3.8) is 0 Å². The van der Waals surface area contributed by atoms with E-state index in [1.54, 1.807) is 0 Å². The lowest BCUT2D eigenvalue weighted by molar-refractivity contribution is -0.137.